The monoisotopic (exact) mass is 710 g/mol. The van der Waals surface area contributed by atoms with Gasteiger partial charge in [0.2, 0.25) is 0 Å². The summed E-state index contributed by atoms with van der Waals surface area (Å²) in [6, 6.07) is 12.0. The molecule has 5 aromatic rings. The van der Waals surface area contributed by atoms with E-state index in [4.69, 9.17) is 4.42 Å². The zero-order valence-corrected chi connectivity index (χ0v) is 28.5. The van der Waals surface area contributed by atoms with Crippen molar-refractivity contribution in [1.29, 1.82) is 0 Å². The average Bonchev–Trinajstić information content (AvgIpc) is 3.04. The third-order valence-corrected chi connectivity index (χ3v) is 9.88. The molecule has 1 aliphatic rings. The molecule has 6 rings (SSSR count). The normalized spacial score (nSPS) is 19.0. The van der Waals surface area contributed by atoms with E-state index in [9.17, 15) is 55.5 Å². The van der Waals surface area contributed by atoms with Crippen molar-refractivity contribution in [2.75, 3.05) is 0 Å². The third kappa shape index (κ3) is 6.00. The van der Waals surface area contributed by atoms with Crippen molar-refractivity contribution in [2.24, 2.45) is 0 Å². The second-order valence-corrected chi connectivity index (χ2v) is 14.0. The van der Waals surface area contributed by atoms with Crippen molar-refractivity contribution in [3.05, 3.63) is 105 Å². The molecule has 0 fully saturated rings. The Kier molecular flexibility index (Phi) is 8.84. The number of benzene rings is 4. The number of rotatable bonds is 8. The molecule has 0 amide bonds. The number of aldehydes is 1. The van der Waals surface area contributed by atoms with Gasteiger partial charge in [0.05, 0.1) is 16.6 Å². The summed E-state index contributed by atoms with van der Waals surface area (Å²) in [5.74, 6) is -5.95. The molecule has 270 valence electrons. The highest BCUT2D eigenvalue weighted by molar-refractivity contribution is 5.93. The van der Waals surface area contributed by atoms with Gasteiger partial charge in [-0.15, -0.1) is 0 Å². The van der Waals surface area contributed by atoms with E-state index in [1.165, 1.54) is 36.4 Å². The van der Waals surface area contributed by atoms with Gasteiger partial charge in [-0.25, -0.2) is 0 Å². The number of aromatic hydroxyl groups is 8. The number of hydrogen-bond donors (Lipinski definition) is 9. The van der Waals surface area contributed by atoms with E-state index in [1.54, 1.807) is 26.8 Å². The van der Waals surface area contributed by atoms with Gasteiger partial charge >= 0.3 is 0 Å². The second kappa shape index (κ2) is 12.9. The van der Waals surface area contributed by atoms with Crippen LogP contribution in [0.25, 0.3) is 22.3 Å². The van der Waals surface area contributed by atoms with E-state index in [0.717, 1.165) is 24.3 Å². The van der Waals surface area contributed by atoms with Gasteiger partial charge in [0.25, 0.3) is 0 Å². The molecular weight excluding hydrogens is 672 g/mol. The van der Waals surface area contributed by atoms with Gasteiger partial charge in [-0.05, 0) is 69.9 Å². The smallest absolute Gasteiger partial charge is 0.200 e. The minimum absolute atomic E-state index is 0.0207. The number of carbonyl (C=O) groups is 1. The maximum absolute atomic E-state index is 14.5. The van der Waals surface area contributed by atoms with Gasteiger partial charge in [-0.2, -0.15) is 0 Å². The lowest BCUT2D eigenvalue weighted by atomic mass is 9.55. The van der Waals surface area contributed by atoms with Crippen molar-refractivity contribution in [3.8, 4) is 57.3 Å². The largest absolute Gasteiger partial charge is 0.508 e. The molecular formula is C40H38O12. The lowest BCUT2D eigenvalue weighted by Gasteiger charge is -2.46. The molecule has 12 heteroatoms. The molecule has 4 aromatic carbocycles. The number of fused-ring (bicyclic) bond motifs is 1. The van der Waals surface area contributed by atoms with Crippen molar-refractivity contribution < 1.29 is 55.2 Å². The summed E-state index contributed by atoms with van der Waals surface area (Å²) >= 11 is 0. The van der Waals surface area contributed by atoms with E-state index < -0.39 is 51.3 Å². The number of allylic oxidation sites excluding steroid dienone is 2. The van der Waals surface area contributed by atoms with Crippen LogP contribution in [0.15, 0.2) is 81.5 Å². The Morgan fingerprint density at radius 3 is 2.02 bits per heavy atom. The van der Waals surface area contributed by atoms with Gasteiger partial charge in [0.15, 0.2) is 5.43 Å². The van der Waals surface area contributed by atoms with Crippen LogP contribution in [0.5, 0.6) is 46.0 Å². The van der Waals surface area contributed by atoms with Crippen LogP contribution in [-0.4, -0.2) is 57.8 Å². The summed E-state index contributed by atoms with van der Waals surface area (Å²) in [6.45, 7) is 4.82. The molecule has 52 heavy (non-hydrogen) atoms. The molecule has 1 heterocycles. The van der Waals surface area contributed by atoms with Gasteiger partial charge in [0.1, 0.15) is 69.0 Å². The first kappa shape index (κ1) is 35.7. The Bertz CT molecular complexity index is 2330. The fourth-order valence-corrected chi connectivity index (χ4v) is 7.45. The van der Waals surface area contributed by atoms with Crippen LogP contribution in [-0.2, 0) is 16.6 Å². The number of hydrogen-bond acceptors (Lipinski definition) is 12. The molecule has 3 atom stereocenters. The third-order valence-electron chi connectivity index (χ3n) is 9.88. The van der Waals surface area contributed by atoms with Gasteiger partial charge in [-0.3, -0.25) is 4.79 Å². The van der Waals surface area contributed by atoms with Crippen LogP contribution in [0, 0.1) is 0 Å². The first-order valence-corrected chi connectivity index (χ1v) is 16.4. The number of carbonyl (C=O) groups excluding carboxylic acids is 1. The first-order valence-electron chi connectivity index (χ1n) is 16.4. The SMILES string of the molecule is CC1=CC(c2c(O)cc(O)c3c(=O)c(CCC(C)(C)O)c(-c4ccc(O)cc4O)oc23)C(C=O)(c2ccc(O)cc2O)C(c2ccc(O)cc2O)C1. The second-order valence-electron chi connectivity index (χ2n) is 14.0. The number of phenolic OH excluding ortho intramolecular Hbond substituents is 8. The zero-order valence-electron chi connectivity index (χ0n) is 28.5. The standard InChI is InChI=1S/C40H38O12/c1-19-12-27(23-7-4-20(42)14-29(23)45)40(18-41,26-9-6-22(44)16-31(26)47)28(13-19)34-32(48)17-33(49)35-36(50)25(10-11-39(2,3)51)37(52-38(34)35)24-8-5-21(43)15-30(24)46/h4-9,13-18,27-28,42-49,51H,10-12H2,1-3H3. The minimum Gasteiger partial charge on any atom is -0.508 e. The molecule has 0 saturated heterocycles. The maximum atomic E-state index is 14.5. The highest BCUT2D eigenvalue weighted by atomic mass is 16.3. The van der Waals surface area contributed by atoms with E-state index >= 15 is 0 Å². The van der Waals surface area contributed by atoms with Crippen LogP contribution in [0.1, 0.15) is 67.7 Å². The summed E-state index contributed by atoms with van der Waals surface area (Å²) in [7, 11) is 0. The fourth-order valence-electron chi connectivity index (χ4n) is 7.45. The van der Waals surface area contributed by atoms with Crippen LogP contribution in [0.3, 0.4) is 0 Å². The maximum Gasteiger partial charge on any atom is 0.200 e. The summed E-state index contributed by atoms with van der Waals surface area (Å²) in [5, 5.41) is 96.9. The predicted molar refractivity (Wildman–Crippen MR) is 190 cm³/mol. The highest BCUT2D eigenvalue weighted by Crippen LogP contribution is 2.60. The number of phenols is 8. The Balaban J connectivity index is 1.77. The highest BCUT2D eigenvalue weighted by Gasteiger charge is 2.53. The molecule has 12 nitrogen and oxygen atoms in total. The molecule has 0 saturated carbocycles. The lowest BCUT2D eigenvalue weighted by molar-refractivity contribution is -0.114. The topological polar surface area (TPSA) is 229 Å². The van der Waals surface area contributed by atoms with Crippen molar-refractivity contribution in [1.82, 2.24) is 0 Å². The molecule has 0 bridgehead atoms. The molecule has 0 radical (unpaired) electrons. The van der Waals surface area contributed by atoms with Crippen LogP contribution in [0.2, 0.25) is 0 Å². The minimum atomic E-state index is -1.92. The van der Waals surface area contributed by atoms with E-state index in [-0.39, 0.29) is 86.8 Å². The van der Waals surface area contributed by atoms with Gasteiger partial charge in [-0.1, -0.05) is 23.8 Å². The Morgan fingerprint density at radius 2 is 1.42 bits per heavy atom. The summed E-state index contributed by atoms with van der Waals surface area (Å²) < 4.78 is 6.46. The van der Waals surface area contributed by atoms with E-state index in [2.05, 4.69) is 0 Å². The van der Waals surface area contributed by atoms with Crippen LogP contribution < -0.4 is 5.43 Å². The number of aliphatic hydroxyl groups is 1. The Morgan fingerprint density at radius 1 is 0.808 bits per heavy atom. The van der Waals surface area contributed by atoms with Crippen molar-refractivity contribution in [2.45, 2.75) is 62.9 Å². The van der Waals surface area contributed by atoms with Crippen molar-refractivity contribution in [3.63, 3.8) is 0 Å². The zero-order chi connectivity index (χ0) is 37.9. The summed E-state index contributed by atoms with van der Waals surface area (Å²) in [6.07, 6.45) is 2.28. The van der Waals surface area contributed by atoms with E-state index in [0.29, 0.717) is 11.9 Å². The van der Waals surface area contributed by atoms with Crippen LogP contribution in [0.4, 0.5) is 0 Å². The molecule has 9 N–H and O–H groups in total. The molecule has 1 aliphatic carbocycles. The van der Waals surface area contributed by atoms with Crippen LogP contribution >= 0.6 is 0 Å². The quantitative estimate of drug-likeness (QED) is 0.0651. The lowest BCUT2D eigenvalue weighted by Crippen LogP contribution is -2.43. The fraction of sp³-hybridized carbons (Fsp3) is 0.250. The van der Waals surface area contributed by atoms with Gasteiger partial charge in [0, 0.05) is 52.8 Å². The summed E-state index contributed by atoms with van der Waals surface area (Å²) in [4.78, 5) is 28.4. The first-order chi connectivity index (χ1) is 24.5. The Labute approximate surface area is 297 Å². The molecule has 0 spiro atoms. The van der Waals surface area contributed by atoms with Gasteiger partial charge < -0.3 is 55.2 Å². The van der Waals surface area contributed by atoms with E-state index in [1.807, 2.05) is 0 Å². The molecule has 3 unspecified atom stereocenters. The summed E-state index contributed by atoms with van der Waals surface area (Å²) in [5.41, 5.74) is -3.71. The molecule has 0 aliphatic heterocycles. The Hall–Kier alpha value is -6.14. The molecule has 1 aromatic heterocycles. The average molecular weight is 711 g/mol. The van der Waals surface area contributed by atoms with Crippen molar-refractivity contribution >= 4 is 17.3 Å². The predicted octanol–water partition coefficient (Wildman–Crippen LogP) is 6.16.